The molecule has 1 aromatic carbocycles. The lowest BCUT2D eigenvalue weighted by Gasteiger charge is -2.29. The molecule has 0 amide bonds. The molecule has 130 valence electrons. The van der Waals surface area contributed by atoms with Gasteiger partial charge in [-0.2, -0.15) is 22.5 Å². The Labute approximate surface area is 137 Å². The van der Waals surface area contributed by atoms with Crippen LogP contribution in [0.3, 0.4) is 0 Å². The summed E-state index contributed by atoms with van der Waals surface area (Å²) in [6, 6.07) is 2.80. The monoisotopic (exact) mass is 365 g/mol. The van der Waals surface area contributed by atoms with E-state index in [0.29, 0.717) is 6.07 Å². The van der Waals surface area contributed by atoms with Gasteiger partial charge in [0, 0.05) is 36.3 Å². The van der Waals surface area contributed by atoms with Crippen LogP contribution >= 0.6 is 11.5 Å². The summed E-state index contributed by atoms with van der Waals surface area (Å²) >= 11 is 0.846. The zero-order valence-corrected chi connectivity index (χ0v) is 13.0. The minimum atomic E-state index is -4.53. The van der Waals surface area contributed by atoms with Crippen molar-refractivity contribution in [3.63, 3.8) is 0 Å². The second kappa shape index (κ2) is 5.92. The molecule has 4 nitrogen and oxygen atoms in total. The quantitative estimate of drug-likeness (QED) is 0.849. The van der Waals surface area contributed by atoms with Crippen molar-refractivity contribution in [1.29, 1.82) is 0 Å². The predicted molar refractivity (Wildman–Crippen MR) is 77.7 cm³/mol. The summed E-state index contributed by atoms with van der Waals surface area (Å²) < 4.78 is 69.9. The fourth-order valence-corrected chi connectivity index (χ4v) is 3.34. The van der Waals surface area contributed by atoms with Gasteiger partial charge in [-0.15, -0.1) is 0 Å². The van der Waals surface area contributed by atoms with Crippen LogP contribution in [0.1, 0.15) is 6.42 Å². The van der Waals surface area contributed by atoms with Crippen molar-refractivity contribution in [2.45, 2.75) is 12.6 Å². The van der Waals surface area contributed by atoms with Crippen molar-refractivity contribution < 1.29 is 27.1 Å². The molecule has 10 heteroatoms. The second-order valence-corrected chi connectivity index (χ2v) is 6.40. The van der Waals surface area contributed by atoms with Gasteiger partial charge in [-0.1, -0.05) is 0 Å². The van der Waals surface area contributed by atoms with E-state index in [-0.39, 0.29) is 29.5 Å². The molecule has 0 radical (unpaired) electrons. The molecule has 2 aromatic rings. The summed E-state index contributed by atoms with van der Waals surface area (Å²) in [6.07, 6.45) is -4.79. The molecule has 0 aliphatic carbocycles. The normalized spacial score (nSPS) is 21.5. The second-order valence-electron chi connectivity index (χ2n) is 5.67. The number of hydrogen-bond donors (Lipinski definition) is 1. The summed E-state index contributed by atoms with van der Waals surface area (Å²) in [7, 11) is 0. The Morgan fingerprint density at radius 2 is 1.88 bits per heavy atom. The molecule has 1 unspecified atom stereocenters. The van der Waals surface area contributed by atoms with E-state index in [1.54, 1.807) is 0 Å². The van der Waals surface area contributed by atoms with Gasteiger partial charge in [0.1, 0.15) is 17.0 Å². The van der Waals surface area contributed by atoms with Gasteiger partial charge in [0.25, 0.3) is 0 Å². The molecule has 24 heavy (non-hydrogen) atoms. The lowest BCUT2D eigenvalue weighted by molar-refractivity contribution is -0.227. The van der Waals surface area contributed by atoms with Gasteiger partial charge in [0.2, 0.25) is 5.13 Å². The van der Waals surface area contributed by atoms with Crippen LogP contribution in [0.15, 0.2) is 18.2 Å². The number of rotatable bonds is 3. The number of alkyl halides is 3. The third kappa shape index (κ3) is 2.95. The molecular weight excluding hydrogens is 353 g/mol. The smallest absolute Gasteiger partial charge is 0.395 e. The van der Waals surface area contributed by atoms with E-state index in [1.165, 1.54) is 4.90 Å². The first-order valence-corrected chi connectivity index (χ1v) is 7.74. The molecule has 3 rings (SSSR count). The average Bonchev–Trinajstić information content (AvgIpc) is 3.13. The summed E-state index contributed by atoms with van der Waals surface area (Å²) in [5, 5.41) is 9.42. The summed E-state index contributed by atoms with van der Waals surface area (Å²) in [6.45, 7) is -1.38. The van der Waals surface area contributed by atoms with Crippen molar-refractivity contribution in [2.24, 2.45) is 5.41 Å². The number of aliphatic hydroxyl groups is 1. The summed E-state index contributed by atoms with van der Waals surface area (Å²) in [5.41, 5.74) is -2.08. The van der Waals surface area contributed by atoms with Crippen LogP contribution < -0.4 is 4.90 Å². The van der Waals surface area contributed by atoms with E-state index < -0.39 is 36.4 Å². The molecule has 1 saturated heterocycles. The molecule has 1 aromatic heterocycles. The van der Waals surface area contributed by atoms with Crippen LogP contribution in [0, 0.1) is 17.0 Å². The minimum absolute atomic E-state index is 0.0434. The fraction of sp³-hybridized carbons (Fsp3) is 0.429. The van der Waals surface area contributed by atoms with Gasteiger partial charge >= 0.3 is 6.18 Å². The van der Waals surface area contributed by atoms with Crippen LogP contribution in [0.5, 0.6) is 0 Å². The van der Waals surface area contributed by atoms with Crippen LogP contribution in [0.4, 0.5) is 27.1 Å². The van der Waals surface area contributed by atoms with E-state index in [2.05, 4.69) is 9.36 Å². The first-order chi connectivity index (χ1) is 11.2. The number of nitrogens with zero attached hydrogens (tertiary/aromatic N) is 3. The Morgan fingerprint density at radius 3 is 2.42 bits per heavy atom. The molecule has 1 aliphatic heterocycles. The van der Waals surface area contributed by atoms with Crippen molar-refractivity contribution in [2.75, 3.05) is 24.6 Å². The van der Waals surface area contributed by atoms with Crippen LogP contribution in [0.25, 0.3) is 11.4 Å². The standard InChI is InChI=1S/C14H12F5N3OS/c15-9-3-8(4-10(16)5-9)11-20-12(24-21-11)22-2-1-13(6-22,7-23)14(17,18)19/h3-5,23H,1-2,6-7H2. The number of halogens is 5. The molecule has 1 aliphatic rings. The maximum Gasteiger partial charge on any atom is 0.398 e. The van der Waals surface area contributed by atoms with E-state index in [4.69, 9.17) is 0 Å². The topological polar surface area (TPSA) is 49.2 Å². The molecule has 1 atom stereocenters. The van der Waals surface area contributed by atoms with Crippen LogP contribution in [-0.4, -0.2) is 40.3 Å². The maximum atomic E-state index is 13.2. The van der Waals surface area contributed by atoms with E-state index in [1.807, 2.05) is 0 Å². The van der Waals surface area contributed by atoms with Crippen LogP contribution in [0.2, 0.25) is 0 Å². The molecular formula is C14H12F5N3OS. The van der Waals surface area contributed by atoms with Gasteiger partial charge < -0.3 is 10.0 Å². The molecule has 2 heterocycles. The SMILES string of the molecule is OCC1(C(F)(F)F)CCN(c2nc(-c3cc(F)cc(F)c3)ns2)C1. The molecule has 1 N–H and O–H groups in total. The zero-order valence-electron chi connectivity index (χ0n) is 12.1. The van der Waals surface area contributed by atoms with Gasteiger partial charge in [0.05, 0.1) is 6.61 Å². The highest BCUT2D eigenvalue weighted by atomic mass is 32.1. The average molecular weight is 365 g/mol. The Balaban J connectivity index is 1.84. The molecule has 0 bridgehead atoms. The Bertz CT molecular complexity index is 730. The van der Waals surface area contributed by atoms with Gasteiger partial charge in [-0.05, 0) is 18.6 Å². The van der Waals surface area contributed by atoms with Gasteiger partial charge in [-0.25, -0.2) is 8.78 Å². The Morgan fingerprint density at radius 1 is 1.21 bits per heavy atom. The third-order valence-electron chi connectivity index (χ3n) is 4.06. The third-order valence-corrected chi connectivity index (χ3v) is 4.84. The van der Waals surface area contributed by atoms with E-state index >= 15 is 0 Å². The predicted octanol–water partition coefficient (Wildman–Crippen LogP) is 3.23. The summed E-state index contributed by atoms with van der Waals surface area (Å²) in [4.78, 5) is 5.45. The largest absolute Gasteiger partial charge is 0.398 e. The van der Waals surface area contributed by atoms with E-state index in [9.17, 15) is 27.1 Å². The van der Waals surface area contributed by atoms with Gasteiger partial charge in [0.15, 0.2) is 5.82 Å². The summed E-state index contributed by atoms with van der Waals surface area (Å²) in [5.74, 6) is -1.54. The maximum absolute atomic E-state index is 13.2. The highest BCUT2D eigenvalue weighted by Crippen LogP contribution is 2.46. The number of anilines is 1. The Kier molecular flexibility index (Phi) is 4.20. The first-order valence-electron chi connectivity index (χ1n) is 6.97. The van der Waals surface area contributed by atoms with Crippen molar-refractivity contribution in [1.82, 2.24) is 9.36 Å². The molecule has 1 fully saturated rings. The number of hydrogen-bond acceptors (Lipinski definition) is 5. The number of benzene rings is 1. The minimum Gasteiger partial charge on any atom is -0.395 e. The zero-order chi connectivity index (χ0) is 17.5. The first kappa shape index (κ1) is 17.0. The van der Waals surface area contributed by atoms with Crippen LogP contribution in [-0.2, 0) is 0 Å². The highest BCUT2D eigenvalue weighted by Gasteiger charge is 2.58. The highest BCUT2D eigenvalue weighted by molar-refractivity contribution is 7.09. The molecule has 0 spiro atoms. The van der Waals surface area contributed by atoms with Crippen molar-refractivity contribution >= 4 is 16.7 Å². The van der Waals surface area contributed by atoms with Crippen molar-refractivity contribution in [3.05, 3.63) is 29.8 Å². The van der Waals surface area contributed by atoms with Gasteiger partial charge in [-0.3, -0.25) is 0 Å². The number of aliphatic hydroxyl groups excluding tert-OH is 1. The van der Waals surface area contributed by atoms with Crippen molar-refractivity contribution in [3.8, 4) is 11.4 Å². The lowest BCUT2D eigenvalue weighted by Crippen LogP contribution is -2.43. The fourth-order valence-electron chi connectivity index (χ4n) is 2.63. The number of aromatic nitrogens is 2. The molecule has 0 saturated carbocycles. The van der Waals surface area contributed by atoms with E-state index in [0.717, 1.165) is 23.7 Å². The Hall–Kier alpha value is -1.81. The lowest BCUT2D eigenvalue weighted by atomic mass is 9.87.